The molecule has 0 spiro atoms. The lowest BCUT2D eigenvalue weighted by Gasteiger charge is -2.07. The van der Waals surface area contributed by atoms with Crippen LogP contribution in [0, 0.1) is 0 Å². The minimum absolute atomic E-state index is 0.129. The molecule has 1 unspecified atom stereocenters. The summed E-state index contributed by atoms with van der Waals surface area (Å²) in [4.78, 5) is 22.0. The van der Waals surface area contributed by atoms with Gasteiger partial charge in [-0.25, -0.2) is 0 Å². The molecule has 88 valence electrons. The molecule has 0 saturated carbocycles. The lowest BCUT2D eigenvalue weighted by molar-refractivity contribution is -0.145. The van der Waals surface area contributed by atoms with E-state index in [9.17, 15) is 9.59 Å². The molecule has 0 radical (unpaired) electrons. The van der Waals surface area contributed by atoms with E-state index < -0.39 is 11.2 Å². The third-order valence-corrected chi connectivity index (χ3v) is 1.72. The van der Waals surface area contributed by atoms with E-state index in [2.05, 4.69) is 17.9 Å². The molecule has 0 aliphatic rings. The number of nitrogens with one attached hydrogen (secondary N) is 1. The number of hydrogen-bond donors (Lipinski definition) is 2. The second kappa shape index (κ2) is 8.55. The summed E-state index contributed by atoms with van der Waals surface area (Å²) in [5.41, 5.74) is 0. The predicted octanol–water partition coefficient (Wildman–Crippen LogP) is 0.000600. The summed E-state index contributed by atoms with van der Waals surface area (Å²) in [5, 5.41) is 1.96. The van der Waals surface area contributed by atoms with Crippen molar-refractivity contribution in [2.24, 2.45) is 0 Å². The minimum atomic E-state index is -0.475. The van der Waals surface area contributed by atoms with E-state index in [1.54, 1.807) is 6.92 Å². The van der Waals surface area contributed by atoms with Crippen LogP contribution in [0.4, 0.5) is 0 Å². The summed E-state index contributed by atoms with van der Waals surface area (Å²) in [5.74, 6) is -0.767. The second-order valence-corrected chi connectivity index (χ2v) is 3.59. The zero-order valence-electron chi connectivity index (χ0n) is 8.99. The Labute approximate surface area is 94.9 Å². The van der Waals surface area contributed by atoms with Crippen LogP contribution in [0.15, 0.2) is 0 Å². The Bertz CT molecular complexity index is 208. The maximum atomic E-state index is 11.0. The van der Waals surface area contributed by atoms with Crippen molar-refractivity contribution < 1.29 is 19.1 Å². The molecule has 0 aliphatic carbocycles. The zero-order valence-corrected chi connectivity index (χ0v) is 9.88. The highest BCUT2D eigenvalue weighted by Crippen LogP contribution is 1.90. The molecule has 5 nitrogen and oxygen atoms in total. The summed E-state index contributed by atoms with van der Waals surface area (Å²) in [7, 11) is 0. The van der Waals surface area contributed by atoms with Crippen LogP contribution in [0.1, 0.15) is 13.8 Å². The van der Waals surface area contributed by atoms with E-state index >= 15 is 0 Å². The van der Waals surface area contributed by atoms with Gasteiger partial charge in [-0.2, -0.15) is 12.6 Å². The van der Waals surface area contributed by atoms with E-state index in [1.807, 2.05) is 6.92 Å². The quantitative estimate of drug-likeness (QED) is 0.370. The van der Waals surface area contributed by atoms with Gasteiger partial charge in [0.05, 0.1) is 11.9 Å². The van der Waals surface area contributed by atoms with Crippen LogP contribution in [0.5, 0.6) is 0 Å². The van der Waals surface area contributed by atoms with Gasteiger partial charge in [-0.15, -0.1) is 0 Å². The highest BCUT2D eigenvalue weighted by Gasteiger charge is 2.09. The van der Waals surface area contributed by atoms with E-state index in [1.165, 1.54) is 0 Å². The van der Waals surface area contributed by atoms with Crippen LogP contribution in [0.25, 0.3) is 0 Å². The Kier molecular flexibility index (Phi) is 8.12. The smallest absolute Gasteiger partial charge is 0.325 e. The van der Waals surface area contributed by atoms with Crippen LogP contribution in [-0.2, 0) is 19.1 Å². The lowest BCUT2D eigenvalue weighted by atomic mass is 10.4. The molecule has 1 N–H and O–H groups in total. The molecule has 1 atom stereocenters. The molecule has 6 heteroatoms. The summed E-state index contributed by atoms with van der Waals surface area (Å²) >= 11 is 3.91. The van der Waals surface area contributed by atoms with Gasteiger partial charge in [0.15, 0.2) is 0 Å². The van der Waals surface area contributed by atoms with Gasteiger partial charge in [-0.3, -0.25) is 9.59 Å². The van der Waals surface area contributed by atoms with Crippen LogP contribution >= 0.6 is 12.6 Å². The molecule has 1 amide bonds. The van der Waals surface area contributed by atoms with Crippen molar-refractivity contribution in [1.29, 1.82) is 0 Å². The molecule has 0 aromatic rings. The van der Waals surface area contributed by atoms with Crippen molar-refractivity contribution in [3.63, 3.8) is 0 Å². The highest BCUT2D eigenvalue weighted by atomic mass is 32.1. The molecule has 15 heavy (non-hydrogen) atoms. The molecule has 0 aromatic heterocycles. The number of carbonyl (C=O) groups is 2. The fourth-order valence-electron chi connectivity index (χ4n) is 0.717. The first kappa shape index (κ1) is 14.2. The molecule has 0 heterocycles. The number of hydrogen-bond acceptors (Lipinski definition) is 5. The Morgan fingerprint density at radius 1 is 1.40 bits per heavy atom. The average Bonchev–Trinajstić information content (AvgIpc) is 2.20. The van der Waals surface area contributed by atoms with Crippen molar-refractivity contribution in [2.75, 3.05) is 26.4 Å². The molecule has 0 rings (SSSR count). The SMILES string of the molecule is CCOCCOC(=O)CNC(=O)C(C)S. The van der Waals surface area contributed by atoms with Gasteiger partial charge in [0.1, 0.15) is 13.2 Å². The third-order valence-electron chi connectivity index (χ3n) is 1.48. The summed E-state index contributed by atoms with van der Waals surface area (Å²) < 4.78 is 9.74. The van der Waals surface area contributed by atoms with Gasteiger partial charge < -0.3 is 14.8 Å². The Morgan fingerprint density at radius 2 is 2.07 bits per heavy atom. The van der Waals surface area contributed by atoms with Crippen molar-refractivity contribution in [3.05, 3.63) is 0 Å². The number of amides is 1. The average molecular weight is 235 g/mol. The molecule has 0 fully saturated rings. The van der Waals surface area contributed by atoms with Gasteiger partial charge in [0.25, 0.3) is 0 Å². The summed E-state index contributed by atoms with van der Waals surface area (Å²) in [6, 6.07) is 0. The second-order valence-electron chi connectivity index (χ2n) is 2.81. The Hall–Kier alpha value is -0.750. The van der Waals surface area contributed by atoms with E-state index in [0.29, 0.717) is 13.2 Å². The summed E-state index contributed by atoms with van der Waals surface area (Å²) in [6.45, 7) is 4.52. The maximum Gasteiger partial charge on any atom is 0.325 e. The number of carbonyl (C=O) groups excluding carboxylic acids is 2. The zero-order chi connectivity index (χ0) is 11.7. The van der Waals surface area contributed by atoms with Crippen LogP contribution < -0.4 is 5.32 Å². The monoisotopic (exact) mass is 235 g/mol. The number of esters is 1. The predicted molar refractivity (Wildman–Crippen MR) is 58.9 cm³/mol. The fourth-order valence-corrected chi connectivity index (χ4v) is 0.808. The molecule has 0 saturated heterocycles. The third kappa shape index (κ3) is 8.26. The molecule has 0 aromatic carbocycles. The van der Waals surface area contributed by atoms with E-state index in [-0.39, 0.29) is 19.1 Å². The lowest BCUT2D eigenvalue weighted by Crippen LogP contribution is -2.35. The number of thiol groups is 1. The first-order chi connectivity index (χ1) is 7.07. The fraction of sp³-hybridized carbons (Fsp3) is 0.778. The molecular weight excluding hydrogens is 218 g/mol. The van der Waals surface area contributed by atoms with Crippen molar-refractivity contribution >= 4 is 24.5 Å². The van der Waals surface area contributed by atoms with Crippen LogP contribution in [0.3, 0.4) is 0 Å². The minimum Gasteiger partial charge on any atom is -0.462 e. The number of ether oxygens (including phenoxy) is 2. The van der Waals surface area contributed by atoms with Crippen molar-refractivity contribution in [3.8, 4) is 0 Å². The van der Waals surface area contributed by atoms with Gasteiger partial charge in [-0.1, -0.05) is 0 Å². The van der Waals surface area contributed by atoms with E-state index in [0.717, 1.165) is 0 Å². The Morgan fingerprint density at radius 3 is 2.60 bits per heavy atom. The first-order valence-corrected chi connectivity index (χ1v) is 5.28. The largest absolute Gasteiger partial charge is 0.462 e. The topological polar surface area (TPSA) is 64.6 Å². The summed E-state index contributed by atoms with van der Waals surface area (Å²) in [6.07, 6.45) is 0. The standard InChI is InChI=1S/C9H17NO4S/c1-3-13-4-5-14-8(11)6-10-9(12)7(2)15/h7,15H,3-6H2,1-2H3,(H,10,12). The highest BCUT2D eigenvalue weighted by molar-refractivity contribution is 7.81. The van der Waals surface area contributed by atoms with Gasteiger partial charge in [-0.05, 0) is 13.8 Å². The number of rotatable bonds is 7. The van der Waals surface area contributed by atoms with Crippen molar-refractivity contribution in [1.82, 2.24) is 5.32 Å². The maximum absolute atomic E-state index is 11.0. The van der Waals surface area contributed by atoms with Crippen LogP contribution in [-0.4, -0.2) is 43.5 Å². The van der Waals surface area contributed by atoms with E-state index in [4.69, 9.17) is 9.47 Å². The van der Waals surface area contributed by atoms with Gasteiger partial charge in [0, 0.05) is 6.61 Å². The Balaban J connectivity index is 3.45. The molecule has 0 aliphatic heterocycles. The van der Waals surface area contributed by atoms with Crippen molar-refractivity contribution in [2.45, 2.75) is 19.1 Å². The first-order valence-electron chi connectivity index (χ1n) is 4.77. The van der Waals surface area contributed by atoms with Crippen LogP contribution in [0.2, 0.25) is 0 Å². The molecular formula is C9H17NO4S. The van der Waals surface area contributed by atoms with Gasteiger partial charge >= 0.3 is 5.97 Å². The molecule has 0 bridgehead atoms. The van der Waals surface area contributed by atoms with Gasteiger partial charge in [0.2, 0.25) is 5.91 Å². The normalized spacial score (nSPS) is 11.9.